The Morgan fingerprint density at radius 1 is 1.35 bits per heavy atom. The molecule has 0 radical (unpaired) electrons. The lowest BCUT2D eigenvalue weighted by Crippen LogP contribution is -2.45. The van der Waals surface area contributed by atoms with Gasteiger partial charge in [-0.3, -0.25) is 0 Å². The molecule has 6 nitrogen and oxygen atoms in total. The second-order valence-electron chi connectivity index (χ2n) is 6.33. The molecular formula is C16H27N3O3S. The summed E-state index contributed by atoms with van der Waals surface area (Å²) in [5, 5.41) is 0. The Morgan fingerprint density at radius 2 is 2.00 bits per heavy atom. The maximum absolute atomic E-state index is 12.3. The summed E-state index contributed by atoms with van der Waals surface area (Å²) in [6.45, 7) is 9.48. The fourth-order valence-corrected chi connectivity index (χ4v) is 4.13. The fourth-order valence-electron chi connectivity index (χ4n) is 2.91. The van der Waals surface area contributed by atoms with E-state index in [4.69, 9.17) is 4.74 Å². The van der Waals surface area contributed by atoms with Crippen molar-refractivity contribution in [3.05, 3.63) is 18.3 Å². The molecular weight excluding hydrogens is 314 g/mol. The zero-order valence-electron chi connectivity index (χ0n) is 14.3. The molecule has 2 heterocycles. The molecule has 0 spiro atoms. The first-order valence-corrected chi connectivity index (χ1v) is 9.69. The van der Waals surface area contributed by atoms with E-state index >= 15 is 0 Å². The van der Waals surface area contributed by atoms with Crippen molar-refractivity contribution in [1.29, 1.82) is 0 Å². The summed E-state index contributed by atoms with van der Waals surface area (Å²) < 4.78 is 33.0. The van der Waals surface area contributed by atoms with Crippen molar-refractivity contribution in [2.45, 2.75) is 63.7 Å². The number of hydrogen-bond donors (Lipinski definition) is 1. The second-order valence-corrected chi connectivity index (χ2v) is 8.04. The van der Waals surface area contributed by atoms with E-state index in [0.29, 0.717) is 0 Å². The maximum Gasteiger partial charge on any atom is 0.242 e. The van der Waals surface area contributed by atoms with Crippen LogP contribution in [0.2, 0.25) is 0 Å². The molecule has 7 heteroatoms. The van der Waals surface area contributed by atoms with Gasteiger partial charge in [0.25, 0.3) is 0 Å². The number of aromatic nitrogens is 1. The van der Waals surface area contributed by atoms with Crippen LogP contribution in [-0.2, 0) is 14.8 Å². The van der Waals surface area contributed by atoms with Crippen LogP contribution in [0.3, 0.4) is 0 Å². The summed E-state index contributed by atoms with van der Waals surface area (Å²) in [4.78, 5) is 6.68. The highest BCUT2D eigenvalue weighted by Crippen LogP contribution is 2.20. The number of morpholine rings is 1. The topological polar surface area (TPSA) is 71.5 Å². The van der Waals surface area contributed by atoms with Gasteiger partial charge in [0.05, 0.1) is 12.2 Å². The van der Waals surface area contributed by atoms with Crippen LogP contribution in [0.5, 0.6) is 0 Å². The van der Waals surface area contributed by atoms with Crippen LogP contribution in [0.4, 0.5) is 5.82 Å². The van der Waals surface area contributed by atoms with Crippen LogP contribution in [0, 0.1) is 0 Å². The Kier molecular flexibility index (Phi) is 6.00. The lowest BCUT2D eigenvalue weighted by molar-refractivity contribution is -0.00546. The van der Waals surface area contributed by atoms with Crippen LogP contribution in [0.1, 0.15) is 40.5 Å². The number of sulfonamides is 1. The summed E-state index contributed by atoms with van der Waals surface area (Å²) >= 11 is 0. The average Bonchev–Trinajstić information content (AvgIpc) is 2.46. The fraction of sp³-hybridized carbons (Fsp3) is 0.688. The van der Waals surface area contributed by atoms with Crippen LogP contribution < -0.4 is 9.62 Å². The first-order chi connectivity index (χ1) is 10.8. The lowest BCUT2D eigenvalue weighted by Gasteiger charge is -2.36. The summed E-state index contributed by atoms with van der Waals surface area (Å²) in [7, 11) is -3.51. The van der Waals surface area contributed by atoms with Crippen molar-refractivity contribution in [3.63, 3.8) is 0 Å². The van der Waals surface area contributed by atoms with E-state index < -0.39 is 10.0 Å². The van der Waals surface area contributed by atoms with Crippen molar-refractivity contribution in [3.8, 4) is 0 Å². The highest BCUT2D eigenvalue weighted by molar-refractivity contribution is 7.89. The number of rotatable bonds is 6. The molecule has 23 heavy (non-hydrogen) atoms. The molecule has 0 unspecified atom stereocenters. The van der Waals surface area contributed by atoms with Crippen LogP contribution >= 0.6 is 0 Å². The minimum absolute atomic E-state index is 0.0781. The zero-order chi connectivity index (χ0) is 17.0. The highest BCUT2D eigenvalue weighted by Gasteiger charge is 2.24. The molecule has 130 valence electrons. The van der Waals surface area contributed by atoms with Gasteiger partial charge in [0, 0.05) is 25.3 Å². The molecule has 1 N–H and O–H groups in total. The van der Waals surface area contributed by atoms with Gasteiger partial charge in [-0.2, -0.15) is 0 Å². The molecule has 1 aromatic rings. The van der Waals surface area contributed by atoms with Crippen LogP contribution in [0.25, 0.3) is 0 Å². The predicted octanol–water partition coefficient (Wildman–Crippen LogP) is 2.16. The largest absolute Gasteiger partial charge is 0.372 e. The van der Waals surface area contributed by atoms with Crippen molar-refractivity contribution in [2.75, 3.05) is 18.0 Å². The second kappa shape index (κ2) is 7.59. The molecule has 0 saturated carbocycles. The number of ether oxygens (including phenoxy) is 1. The first kappa shape index (κ1) is 18.2. The van der Waals surface area contributed by atoms with Gasteiger partial charge in [-0.15, -0.1) is 0 Å². The number of hydrogen-bond acceptors (Lipinski definition) is 5. The molecule has 0 amide bonds. The average molecular weight is 341 g/mol. The van der Waals surface area contributed by atoms with Crippen molar-refractivity contribution < 1.29 is 13.2 Å². The number of nitrogens with one attached hydrogen (secondary N) is 1. The van der Waals surface area contributed by atoms with E-state index in [2.05, 4.69) is 14.6 Å². The summed E-state index contributed by atoms with van der Waals surface area (Å²) in [5.74, 6) is 0.785. The van der Waals surface area contributed by atoms with Crippen molar-refractivity contribution in [2.24, 2.45) is 0 Å². The third kappa shape index (κ3) is 4.89. The van der Waals surface area contributed by atoms with Gasteiger partial charge in [-0.1, -0.05) is 13.3 Å². The Balaban J connectivity index is 2.09. The predicted molar refractivity (Wildman–Crippen MR) is 91.2 cm³/mol. The minimum Gasteiger partial charge on any atom is -0.372 e. The van der Waals surface area contributed by atoms with Gasteiger partial charge < -0.3 is 9.64 Å². The summed E-state index contributed by atoms with van der Waals surface area (Å²) in [5.41, 5.74) is 0. The van der Waals surface area contributed by atoms with Gasteiger partial charge in [0.15, 0.2) is 0 Å². The van der Waals surface area contributed by atoms with E-state index in [9.17, 15) is 8.42 Å². The Labute approximate surface area is 139 Å². The quantitative estimate of drug-likeness (QED) is 0.858. The number of nitrogens with zero attached hydrogens (tertiary/aromatic N) is 2. The number of anilines is 1. The Bertz CT molecular complexity index is 594. The van der Waals surface area contributed by atoms with E-state index in [1.165, 1.54) is 6.20 Å². The van der Waals surface area contributed by atoms with E-state index in [1.807, 2.05) is 27.7 Å². The highest BCUT2D eigenvalue weighted by atomic mass is 32.2. The van der Waals surface area contributed by atoms with Crippen molar-refractivity contribution >= 4 is 15.8 Å². The normalized spacial score (nSPS) is 23.7. The molecule has 0 aliphatic carbocycles. The van der Waals surface area contributed by atoms with E-state index in [-0.39, 0.29) is 23.1 Å². The SMILES string of the molecule is CCC[C@H](C)NS(=O)(=O)c1ccc(N2C[C@@H](C)O[C@@H](C)C2)nc1. The monoisotopic (exact) mass is 341 g/mol. The molecule has 0 bridgehead atoms. The minimum atomic E-state index is -3.51. The smallest absolute Gasteiger partial charge is 0.242 e. The Morgan fingerprint density at radius 3 is 2.52 bits per heavy atom. The first-order valence-electron chi connectivity index (χ1n) is 8.20. The Hall–Kier alpha value is -1.18. The van der Waals surface area contributed by atoms with Crippen molar-refractivity contribution in [1.82, 2.24) is 9.71 Å². The summed E-state index contributed by atoms with van der Waals surface area (Å²) in [6, 6.07) is 3.31. The summed E-state index contributed by atoms with van der Waals surface area (Å²) in [6.07, 6.45) is 3.46. The van der Waals surface area contributed by atoms with Gasteiger partial charge >= 0.3 is 0 Å². The number of pyridine rings is 1. The maximum atomic E-state index is 12.3. The molecule has 1 fully saturated rings. The molecule has 1 aliphatic rings. The van der Waals surface area contributed by atoms with E-state index in [0.717, 1.165) is 31.7 Å². The molecule has 3 atom stereocenters. The molecule has 1 saturated heterocycles. The van der Waals surface area contributed by atoms with Gasteiger partial charge in [-0.05, 0) is 39.3 Å². The molecule has 2 rings (SSSR count). The van der Waals surface area contributed by atoms with Crippen LogP contribution in [0.15, 0.2) is 23.2 Å². The third-order valence-electron chi connectivity index (χ3n) is 3.85. The van der Waals surface area contributed by atoms with E-state index in [1.54, 1.807) is 12.1 Å². The molecule has 1 aliphatic heterocycles. The standard InChI is InChI=1S/C16H27N3O3S/c1-5-6-12(2)18-23(20,21)15-7-8-16(17-9-15)19-10-13(3)22-14(4)11-19/h7-9,12-14,18H,5-6,10-11H2,1-4H3/t12-,13-,14+/m0/s1. The van der Waals surface area contributed by atoms with Crippen LogP contribution in [-0.4, -0.2) is 44.7 Å². The van der Waals surface area contributed by atoms with Gasteiger partial charge in [0.2, 0.25) is 10.0 Å². The third-order valence-corrected chi connectivity index (χ3v) is 5.43. The molecule has 0 aromatic carbocycles. The van der Waals surface area contributed by atoms with Gasteiger partial charge in [-0.25, -0.2) is 18.1 Å². The zero-order valence-corrected chi connectivity index (χ0v) is 15.1. The molecule has 1 aromatic heterocycles. The lowest BCUT2D eigenvalue weighted by atomic mass is 10.2. The van der Waals surface area contributed by atoms with Gasteiger partial charge in [0.1, 0.15) is 10.7 Å².